The Morgan fingerprint density at radius 2 is 1.77 bits per heavy atom. The number of halogens is 1. The zero-order valence-electron chi connectivity index (χ0n) is 20.4. The summed E-state index contributed by atoms with van der Waals surface area (Å²) in [5.74, 6) is -0.651. The highest BCUT2D eigenvalue weighted by molar-refractivity contribution is 6.46. The van der Waals surface area contributed by atoms with Gasteiger partial charge in [0.05, 0.1) is 12.7 Å². The zero-order valence-corrected chi connectivity index (χ0v) is 20.4. The number of aliphatic hydroxyl groups is 1. The molecule has 182 valence electrons. The van der Waals surface area contributed by atoms with Crippen LogP contribution in [0.15, 0.2) is 64.6 Å². The number of rotatable bonds is 5. The Morgan fingerprint density at radius 3 is 2.34 bits per heavy atom. The Balaban J connectivity index is 1.86. The normalized spacial score (nSPS) is 17.8. The third-order valence-electron chi connectivity index (χ3n) is 6.12. The number of hydrogen-bond donors (Lipinski definition) is 1. The van der Waals surface area contributed by atoms with Crippen LogP contribution in [0.1, 0.15) is 55.0 Å². The minimum Gasteiger partial charge on any atom is -0.507 e. The van der Waals surface area contributed by atoms with Crippen LogP contribution >= 0.6 is 0 Å². The maximum Gasteiger partial charge on any atom is 0.296 e. The van der Waals surface area contributed by atoms with E-state index in [-0.39, 0.29) is 23.3 Å². The Kier molecular flexibility index (Phi) is 6.28. The molecule has 1 N–H and O–H groups in total. The van der Waals surface area contributed by atoms with Gasteiger partial charge < -0.3 is 19.2 Å². The van der Waals surface area contributed by atoms with Gasteiger partial charge in [-0.3, -0.25) is 9.59 Å². The standard InChI is InChI=1S/C28H28FNO5/c1-16-6-12-22(35-16)24-23(25(31)18-9-13-21(34-5)20(14-18)28(2,3)4)26(32)27(33)30(24)15-17-7-10-19(29)11-8-17/h6-14,24,31H,15H2,1-5H3/b25-23-. The van der Waals surface area contributed by atoms with Gasteiger partial charge in [0.15, 0.2) is 0 Å². The van der Waals surface area contributed by atoms with Crippen LogP contribution in [0.2, 0.25) is 0 Å². The molecule has 1 atom stereocenters. The first-order chi connectivity index (χ1) is 16.5. The number of furan rings is 1. The second kappa shape index (κ2) is 9.06. The lowest BCUT2D eigenvalue weighted by Crippen LogP contribution is -2.29. The van der Waals surface area contributed by atoms with Crippen molar-refractivity contribution < 1.29 is 28.2 Å². The van der Waals surface area contributed by atoms with Crippen LogP contribution in [-0.4, -0.2) is 28.8 Å². The lowest BCUT2D eigenvalue weighted by Gasteiger charge is -2.24. The van der Waals surface area contributed by atoms with E-state index in [9.17, 15) is 19.1 Å². The molecule has 1 fully saturated rings. The molecule has 0 aliphatic carbocycles. The fourth-order valence-corrected chi connectivity index (χ4v) is 4.32. The number of likely N-dealkylation sites (tertiary alicyclic amines) is 1. The van der Waals surface area contributed by atoms with Crippen molar-refractivity contribution in [1.29, 1.82) is 0 Å². The Bertz CT molecular complexity index is 1310. The maximum atomic E-state index is 13.4. The fraction of sp³-hybridized carbons (Fsp3) is 0.286. The number of ether oxygens (including phenoxy) is 1. The van der Waals surface area contributed by atoms with E-state index in [0.29, 0.717) is 28.4 Å². The molecule has 1 aliphatic heterocycles. The largest absolute Gasteiger partial charge is 0.507 e. The molecule has 6 nitrogen and oxygen atoms in total. The molecule has 0 bridgehead atoms. The molecule has 1 saturated heterocycles. The molecule has 1 aromatic heterocycles. The van der Waals surface area contributed by atoms with Crippen LogP contribution in [0, 0.1) is 12.7 Å². The van der Waals surface area contributed by atoms with Gasteiger partial charge in [0.1, 0.15) is 34.9 Å². The smallest absolute Gasteiger partial charge is 0.296 e. The molecular formula is C28H28FNO5. The van der Waals surface area contributed by atoms with Crippen LogP contribution in [0.25, 0.3) is 5.76 Å². The van der Waals surface area contributed by atoms with Crippen LogP contribution in [0.3, 0.4) is 0 Å². The number of methoxy groups -OCH3 is 1. The van der Waals surface area contributed by atoms with Crippen LogP contribution in [0.5, 0.6) is 5.75 Å². The van der Waals surface area contributed by atoms with E-state index in [1.54, 1.807) is 56.5 Å². The van der Waals surface area contributed by atoms with Crippen molar-refractivity contribution >= 4 is 17.4 Å². The summed E-state index contributed by atoms with van der Waals surface area (Å²) in [5, 5.41) is 11.4. The van der Waals surface area contributed by atoms with Crippen LogP contribution in [-0.2, 0) is 21.5 Å². The summed E-state index contributed by atoms with van der Waals surface area (Å²) < 4.78 is 24.7. The quantitative estimate of drug-likeness (QED) is 0.292. The van der Waals surface area contributed by atoms with Gasteiger partial charge >= 0.3 is 0 Å². The summed E-state index contributed by atoms with van der Waals surface area (Å²) in [6.07, 6.45) is 0. The number of benzene rings is 2. The molecule has 0 saturated carbocycles. The van der Waals surface area contributed by atoms with Gasteiger partial charge in [0, 0.05) is 17.7 Å². The second-order valence-corrected chi connectivity index (χ2v) is 9.67. The van der Waals surface area contributed by atoms with E-state index in [1.807, 2.05) is 20.8 Å². The van der Waals surface area contributed by atoms with Crippen molar-refractivity contribution in [2.45, 2.75) is 45.7 Å². The minimum atomic E-state index is -0.936. The van der Waals surface area contributed by atoms with Crippen LogP contribution < -0.4 is 4.74 Å². The second-order valence-electron chi connectivity index (χ2n) is 9.67. The van der Waals surface area contributed by atoms with Gasteiger partial charge in [-0.1, -0.05) is 32.9 Å². The van der Waals surface area contributed by atoms with Crippen molar-refractivity contribution in [3.8, 4) is 5.75 Å². The summed E-state index contributed by atoms with van der Waals surface area (Å²) in [6, 6.07) is 13.3. The number of hydrogen-bond acceptors (Lipinski definition) is 5. The molecule has 0 spiro atoms. The van der Waals surface area contributed by atoms with Gasteiger partial charge in [0.25, 0.3) is 11.7 Å². The lowest BCUT2D eigenvalue weighted by atomic mass is 9.84. The van der Waals surface area contributed by atoms with E-state index < -0.39 is 23.5 Å². The first-order valence-electron chi connectivity index (χ1n) is 11.3. The zero-order chi connectivity index (χ0) is 25.5. The third-order valence-corrected chi connectivity index (χ3v) is 6.12. The molecule has 1 amide bonds. The van der Waals surface area contributed by atoms with Crippen molar-refractivity contribution in [3.63, 3.8) is 0 Å². The summed E-state index contributed by atoms with van der Waals surface area (Å²) >= 11 is 0. The monoisotopic (exact) mass is 477 g/mol. The molecule has 3 aromatic rings. The molecule has 1 unspecified atom stereocenters. The molecule has 7 heteroatoms. The number of aliphatic hydroxyl groups excluding tert-OH is 1. The van der Waals surface area contributed by atoms with E-state index >= 15 is 0 Å². The summed E-state index contributed by atoms with van der Waals surface area (Å²) in [5.41, 5.74) is 1.52. The number of aryl methyl sites for hydroxylation is 1. The van der Waals surface area contributed by atoms with Crippen molar-refractivity contribution in [2.24, 2.45) is 0 Å². The Hall–Kier alpha value is -3.87. The number of Topliss-reactive ketones (excluding diaryl/α,β-unsaturated/α-hetero) is 1. The number of amides is 1. The van der Waals surface area contributed by atoms with E-state index in [2.05, 4.69) is 0 Å². The molecule has 4 rings (SSSR count). The summed E-state index contributed by atoms with van der Waals surface area (Å²) in [7, 11) is 1.57. The average molecular weight is 478 g/mol. The SMILES string of the molecule is COc1ccc(/C(O)=C2/C(=O)C(=O)N(Cc3ccc(F)cc3)C2c2ccc(C)o2)cc1C(C)(C)C. The molecular weight excluding hydrogens is 449 g/mol. The fourth-order valence-electron chi connectivity index (χ4n) is 4.32. The van der Waals surface area contributed by atoms with Crippen LogP contribution in [0.4, 0.5) is 4.39 Å². The Morgan fingerprint density at radius 1 is 1.09 bits per heavy atom. The molecule has 2 aromatic carbocycles. The molecule has 35 heavy (non-hydrogen) atoms. The predicted octanol–water partition coefficient (Wildman–Crippen LogP) is 5.66. The number of carbonyl (C=O) groups excluding carboxylic acids is 2. The van der Waals surface area contributed by atoms with Gasteiger partial charge in [-0.15, -0.1) is 0 Å². The van der Waals surface area contributed by atoms with Crippen molar-refractivity contribution in [2.75, 3.05) is 7.11 Å². The topological polar surface area (TPSA) is 80.0 Å². The Labute approximate surface area is 203 Å². The van der Waals surface area contributed by atoms with Gasteiger partial charge in [0.2, 0.25) is 0 Å². The van der Waals surface area contributed by atoms with E-state index in [0.717, 1.165) is 5.56 Å². The maximum absolute atomic E-state index is 13.4. The highest BCUT2D eigenvalue weighted by Crippen LogP contribution is 2.42. The van der Waals surface area contributed by atoms with Crippen molar-refractivity contribution in [1.82, 2.24) is 4.90 Å². The van der Waals surface area contributed by atoms with Gasteiger partial charge in [-0.2, -0.15) is 0 Å². The first kappa shape index (κ1) is 24.3. The minimum absolute atomic E-state index is 0.0436. The first-order valence-corrected chi connectivity index (χ1v) is 11.3. The van der Waals surface area contributed by atoms with Gasteiger partial charge in [-0.25, -0.2) is 4.39 Å². The van der Waals surface area contributed by atoms with E-state index in [4.69, 9.17) is 9.15 Å². The highest BCUT2D eigenvalue weighted by atomic mass is 19.1. The third kappa shape index (κ3) is 4.58. The number of ketones is 1. The molecule has 1 aliphatic rings. The molecule has 0 radical (unpaired) electrons. The molecule has 2 heterocycles. The highest BCUT2D eigenvalue weighted by Gasteiger charge is 2.47. The van der Waals surface area contributed by atoms with E-state index in [1.165, 1.54) is 17.0 Å². The van der Waals surface area contributed by atoms with Crippen molar-refractivity contribution in [3.05, 3.63) is 94.2 Å². The summed E-state index contributed by atoms with van der Waals surface area (Å²) in [4.78, 5) is 27.7. The summed E-state index contributed by atoms with van der Waals surface area (Å²) in [6.45, 7) is 7.85. The average Bonchev–Trinajstić information content (AvgIpc) is 3.35. The lowest BCUT2D eigenvalue weighted by molar-refractivity contribution is -0.140. The number of nitrogens with zero attached hydrogens (tertiary/aromatic N) is 1. The number of carbonyl (C=O) groups is 2. The van der Waals surface area contributed by atoms with Gasteiger partial charge in [-0.05, 0) is 60.4 Å². The predicted molar refractivity (Wildman–Crippen MR) is 129 cm³/mol.